The monoisotopic (exact) mass is 338 g/mol. The van der Waals surface area contributed by atoms with Crippen LogP contribution in [0, 0.1) is 19.3 Å². The minimum atomic E-state index is 0.0129. The third-order valence-corrected chi connectivity index (χ3v) is 5.61. The summed E-state index contributed by atoms with van der Waals surface area (Å²) in [4.78, 5) is 17.0. The van der Waals surface area contributed by atoms with Crippen LogP contribution in [0.3, 0.4) is 0 Å². The molecule has 2 aliphatic heterocycles. The zero-order valence-corrected chi connectivity index (χ0v) is 15.1. The van der Waals surface area contributed by atoms with E-state index >= 15 is 0 Å². The molecule has 1 aromatic heterocycles. The van der Waals surface area contributed by atoms with Gasteiger partial charge in [-0.15, -0.1) is 0 Å². The molecule has 25 heavy (non-hydrogen) atoms. The zero-order chi connectivity index (χ0) is 17.4. The van der Waals surface area contributed by atoms with E-state index in [0.717, 1.165) is 51.1 Å². The highest BCUT2D eigenvalue weighted by Crippen LogP contribution is 2.41. The number of aryl methyl sites for hydroxylation is 2. The van der Waals surface area contributed by atoms with Crippen LogP contribution < -0.4 is 0 Å². The Morgan fingerprint density at radius 2 is 1.92 bits per heavy atom. The number of carbonyl (C=O) groups is 1. The Balaban J connectivity index is 1.29. The van der Waals surface area contributed by atoms with E-state index in [4.69, 9.17) is 0 Å². The molecule has 0 bridgehead atoms. The molecule has 2 aliphatic rings. The molecular weight excluding hydrogens is 312 g/mol. The molecule has 2 saturated heterocycles. The summed E-state index contributed by atoms with van der Waals surface area (Å²) < 4.78 is 1.47. The lowest BCUT2D eigenvalue weighted by atomic mass is 9.72. The van der Waals surface area contributed by atoms with Crippen molar-refractivity contribution >= 4 is 6.03 Å². The Labute approximate surface area is 149 Å². The molecule has 1 amide bonds. The summed E-state index contributed by atoms with van der Waals surface area (Å²) in [5, 5.41) is 4.14. The molecule has 0 unspecified atom stereocenters. The first-order valence-electron chi connectivity index (χ1n) is 9.12. The molecule has 1 aromatic carbocycles. The van der Waals surface area contributed by atoms with Crippen LogP contribution in [0.25, 0.3) is 0 Å². The molecule has 0 radical (unpaired) electrons. The number of likely N-dealkylation sites (tertiary alicyclic amines) is 2. The van der Waals surface area contributed by atoms with Crippen LogP contribution in [0.5, 0.6) is 0 Å². The lowest BCUT2D eigenvalue weighted by molar-refractivity contribution is -0.0443. The second-order valence-corrected chi connectivity index (χ2v) is 7.87. The van der Waals surface area contributed by atoms with E-state index in [2.05, 4.69) is 41.2 Å². The number of hydrogen-bond donors (Lipinski definition) is 0. The van der Waals surface area contributed by atoms with Crippen molar-refractivity contribution in [3.63, 3.8) is 0 Å². The van der Waals surface area contributed by atoms with Crippen LogP contribution in [0.15, 0.2) is 36.7 Å². The predicted octanol–water partition coefficient (Wildman–Crippen LogP) is 3.07. The van der Waals surface area contributed by atoms with Crippen LogP contribution in [0.1, 0.15) is 29.5 Å². The molecule has 4 rings (SSSR count). The molecule has 132 valence electrons. The number of carbonyl (C=O) groups excluding carboxylic acids is 1. The first kappa shape index (κ1) is 16.3. The van der Waals surface area contributed by atoms with Gasteiger partial charge in [0.2, 0.25) is 0 Å². The normalized spacial score (nSPS) is 19.8. The molecule has 3 heterocycles. The van der Waals surface area contributed by atoms with E-state index in [1.807, 2.05) is 11.8 Å². The molecule has 0 aliphatic carbocycles. The first-order valence-corrected chi connectivity index (χ1v) is 9.12. The van der Waals surface area contributed by atoms with Crippen molar-refractivity contribution in [2.24, 2.45) is 5.41 Å². The second kappa shape index (κ2) is 6.30. The Hall–Kier alpha value is -2.14. The van der Waals surface area contributed by atoms with E-state index in [9.17, 15) is 4.79 Å². The third-order valence-electron chi connectivity index (χ3n) is 5.61. The van der Waals surface area contributed by atoms with Crippen molar-refractivity contribution in [3.05, 3.63) is 53.3 Å². The summed E-state index contributed by atoms with van der Waals surface area (Å²) in [6, 6.07) is 8.79. The molecule has 0 N–H and O–H groups in total. The fourth-order valence-electron chi connectivity index (χ4n) is 4.23. The summed E-state index contributed by atoms with van der Waals surface area (Å²) in [5.74, 6) is 0. The number of benzene rings is 1. The van der Waals surface area contributed by atoms with Gasteiger partial charge in [0.05, 0.1) is 6.20 Å². The van der Waals surface area contributed by atoms with Crippen molar-refractivity contribution in [2.75, 3.05) is 26.2 Å². The molecule has 0 atom stereocenters. The van der Waals surface area contributed by atoms with Crippen molar-refractivity contribution in [2.45, 2.75) is 33.2 Å². The average Bonchev–Trinajstić information content (AvgIpc) is 3.00. The Morgan fingerprint density at radius 3 is 2.56 bits per heavy atom. The first-order chi connectivity index (χ1) is 12.0. The van der Waals surface area contributed by atoms with Gasteiger partial charge in [0, 0.05) is 38.9 Å². The lowest BCUT2D eigenvalue weighted by Crippen LogP contribution is -2.60. The number of rotatable bonds is 2. The van der Waals surface area contributed by atoms with Crippen molar-refractivity contribution in [3.8, 4) is 0 Å². The average molecular weight is 338 g/mol. The van der Waals surface area contributed by atoms with E-state index < -0.39 is 0 Å². The predicted molar refractivity (Wildman–Crippen MR) is 97.5 cm³/mol. The third kappa shape index (κ3) is 3.33. The summed E-state index contributed by atoms with van der Waals surface area (Å²) in [6.45, 7) is 9.15. The van der Waals surface area contributed by atoms with Crippen molar-refractivity contribution < 1.29 is 4.79 Å². The standard InChI is InChI=1S/C20H26N4O/c1-16-4-3-5-18(10-16)13-22-14-20(15-22)6-8-23(9-7-20)19(25)24-12-17(2)11-21-24/h3-5,10-12H,6-9,13-15H2,1-2H3. The fourth-order valence-corrected chi connectivity index (χ4v) is 4.23. The Morgan fingerprint density at radius 1 is 1.16 bits per heavy atom. The number of hydrogen-bond acceptors (Lipinski definition) is 3. The number of nitrogens with zero attached hydrogens (tertiary/aromatic N) is 4. The maximum absolute atomic E-state index is 12.5. The molecule has 5 nitrogen and oxygen atoms in total. The summed E-state index contributed by atoms with van der Waals surface area (Å²) in [7, 11) is 0. The summed E-state index contributed by atoms with van der Waals surface area (Å²) >= 11 is 0. The smallest absolute Gasteiger partial charge is 0.323 e. The minimum absolute atomic E-state index is 0.0129. The van der Waals surface area contributed by atoms with Gasteiger partial charge in [-0.2, -0.15) is 9.78 Å². The molecule has 1 spiro atoms. The lowest BCUT2D eigenvalue weighted by Gasteiger charge is -2.54. The Kier molecular flexibility index (Phi) is 4.12. The van der Waals surface area contributed by atoms with Crippen molar-refractivity contribution in [1.82, 2.24) is 19.6 Å². The summed E-state index contributed by atoms with van der Waals surface area (Å²) in [6.07, 6.45) is 5.74. The van der Waals surface area contributed by atoms with E-state index in [-0.39, 0.29) is 6.03 Å². The number of amides is 1. The van der Waals surface area contributed by atoms with Crippen molar-refractivity contribution in [1.29, 1.82) is 0 Å². The highest BCUT2D eigenvalue weighted by atomic mass is 16.2. The van der Waals surface area contributed by atoms with E-state index in [0.29, 0.717) is 5.41 Å². The SMILES string of the molecule is Cc1cccc(CN2CC3(CCN(C(=O)n4cc(C)cn4)CC3)C2)c1. The molecule has 5 heteroatoms. The van der Waals surface area contributed by atoms with Gasteiger partial charge in [-0.05, 0) is 43.2 Å². The Bertz CT molecular complexity index is 766. The maximum atomic E-state index is 12.5. The minimum Gasteiger partial charge on any atom is -0.323 e. The van der Waals surface area contributed by atoms with Crippen LogP contribution in [0.2, 0.25) is 0 Å². The van der Waals surface area contributed by atoms with Gasteiger partial charge in [-0.25, -0.2) is 4.79 Å². The van der Waals surface area contributed by atoms with Gasteiger partial charge in [-0.1, -0.05) is 29.8 Å². The summed E-state index contributed by atoms with van der Waals surface area (Å²) in [5.41, 5.74) is 4.17. The van der Waals surface area contributed by atoms with Crippen LogP contribution >= 0.6 is 0 Å². The van der Waals surface area contributed by atoms with Gasteiger partial charge in [0.15, 0.2) is 0 Å². The molecular formula is C20H26N4O. The second-order valence-electron chi connectivity index (χ2n) is 7.87. The highest BCUT2D eigenvalue weighted by molar-refractivity contribution is 5.76. The van der Waals surface area contributed by atoms with E-state index in [1.165, 1.54) is 15.8 Å². The van der Waals surface area contributed by atoms with Gasteiger partial charge in [-0.3, -0.25) is 4.90 Å². The van der Waals surface area contributed by atoms with Crippen LogP contribution in [-0.4, -0.2) is 51.8 Å². The molecule has 2 fully saturated rings. The van der Waals surface area contributed by atoms with Gasteiger partial charge in [0.25, 0.3) is 0 Å². The highest BCUT2D eigenvalue weighted by Gasteiger charge is 2.45. The topological polar surface area (TPSA) is 41.4 Å². The van der Waals surface area contributed by atoms with Gasteiger partial charge < -0.3 is 4.90 Å². The maximum Gasteiger partial charge on any atom is 0.344 e. The zero-order valence-electron chi connectivity index (χ0n) is 15.1. The van der Waals surface area contributed by atoms with Crippen LogP contribution in [0.4, 0.5) is 4.79 Å². The quantitative estimate of drug-likeness (QED) is 0.845. The largest absolute Gasteiger partial charge is 0.344 e. The number of aromatic nitrogens is 2. The van der Waals surface area contributed by atoms with Crippen LogP contribution in [-0.2, 0) is 6.54 Å². The molecule has 2 aromatic rings. The number of piperidine rings is 1. The fraction of sp³-hybridized carbons (Fsp3) is 0.500. The molecule has 0 saturated carbocycles. The van der Waals surface area contributed by atoms with E-state index in [1.54, 1.807) is 12.4 Å². The van der Waals surface area contributed by atoms with Gasteiger partial charge >= 0.3 is 6.03 Å². The van der Waals surface area contributed by atoms with Gasteiger partial charge in [0.1, 0.15) is 0 Å².